The zero-order valence-electron chi connectivity index (χ0n) is 10.1. The second kappa shape index (κ2) is 5.27. The molecule has 92 valence electrons. The van der Waals surface area contributed by atoms with E-state index >= 15 is 0 Å². The summed E-state index contributed by atoms with van der Waals surface area (Å²) in [5.74, 6) is -0.704. The molecule has 0 amide bonds. The number of hydrogen-bond donors (Lipinski definition) is 1. The molecule has 0 radical (unpaired) electrons. The highest BCUT2D eigenvalue weighted by Crippen LogP contribution is 2.22. The van der Waals surface area contributed by atoms with Crippen LogP contribution in [0.1, 0.15) is 30.4 Å². The van der Waals surface area contributed by atoms with Crippen molar-refractivity contribution in [3.63, 3.8) is 0 Å². The Labute approximate surface area is 101 Å². The molecular formula is C13H18N2O2. The Balaban J connectivity index is 2.00. The van der Waals surface area contributed by atoms with Gasteiger partial charge in [0.15, 0.2) is 0 Å². The van der Waals surface area contributed by atoms with Gasteiger partial charge < -0.3 is 5.11 Å². The van der Waals surface area contributed by atoms with E-state index in [2.05, 4.69) is 16.0 Å². The Bertz CT molecular complexity index is 406. The van der Waals surface area contributed by atoms with Gasteiger partial charge in [0.05, 0.1) is 6.42 Å². The molecule has 1 N–H and O–H groups in total. The van der Waals surface area contributed by atoms with Crippen LogP contribution in [0.4, 0.5) is 0 Å². The first-order chi connectivity index (χ1) is 8.15. The minimum atomic E-state index is -0.704. The Morgan fingerprint density at radius 2 is 2.41 bits per heavy atom. The Morgan fingerprint density at radius 3 is 3.12 bits per heavy atom. The van der Waals surface area contributed by atoms with E-state index in [-0.39, 0.29) is 12.5 Å². The Kier molecular flexibility index (Phi) is 3.74. The van der Waals surface area contributed by atoms with Crippen molar-refractivity contribution < 1.29 is 9.90 Å². The summed E-state index contributed by atoms with van der Waals surface area (Å²) in [5.41, 5.74) is 2.32. The van der Waals surface area contributed by atoms with E-state index in [0.717, 1.165) is 31.5 Å². The van der Waals surface area contributed by atoms with Gasteiger partial charge in [0.2, 0.25) is 0 Å². The SMILES string of the molecule is Cc1cncc(CN2CCCC2CC(=O)O)c1. The maximum atomic E-state index is 10.8. The summed E-state index contributed by atoms with van der Waals surface area (Å²) < 4.78 is 0. The van der Waals surface area contributed by atoms with Crippen molar-refractivity contribution in [2.24, 2.45) is 0 Å². The first-order valence-electron chi connectivity index (χ1n) is 6.01. The van der Waals surface area contributed by atoms with Crippen LogP contribution in [0.3, 0.4) is 0 Å². The van der Waals surface area contributed by atoms with Crippen molar-refractivity contribution in [3.05, 3.63) is 29.6 Å². The number of nitrogens with zero attached hydrogens (tertiary/aromatic N) is 2. The topological polar surface area (TPSA) is 53.4 Å². The maximum absolute atomic E-state index is 10.8. The van der Waals surface area contributed by atoms with Gasteiger partial charge in [-0.2, -0.15) is 0 Å². The summed E-state index contributed by atoms with van der Waals surface area (Å²) in [4.78, 5) is 17.2. The molecule has 4 heteroatoms. The molecule has 2 rings (SSSR count). The molecule has 0 spiro atoms. The summed E-state index contributed by atoms with van der Waals surface area (Å²) >= 11 is 0. The van der Waals surface area contributed by atoms with E-state index in [4.69, 9.17) is 5.11 Å². The van der Waals surface area contributed by atoms with Gasteiger partial charge in [0.25, 0.3) is 0 Å². The van der Waals surface area contributed by atoms with Crippen molar-refractivity contribution in [1.82, 2.24) is 9.88 Å². The van der Waals surface area contributed by atoms with Crippen molar-refractivity contribution in [2.45, 2.75) is 38.8 Å². The van der Waals surface area contributed by atoms with E-state index < -0.39 is 5.97 Å². The molecule has 4 nitrogen and oxygen atoms in total. The molecular weight excluding hydrogens is 216 g/mol. The summed E-state index contributed by atoms with van der Waals surface area (Å²) in [6, 6.07) is 2.30. The third-order valence-electron chi connectivity index (χ3n) is 3.23. The van der Waals surface area contributed by atoms with Gasteiger partial charge in [-0.15, -0.1) is 0 Å². The fourth-order valence-corrected chi connectivity index (χ4v) is 2.47. The molecule has 1 fully saturated rings. The number of aryl methyl sites for hydroxylation is 1. The van der Waals surface area contributed by atoms with E-state index in [0.29, 0.717) is 0 Å². The van der Waals surface area contributed by atoms with Crippen LogP contribution >= 0.6 is 0 Å². The summed E-state index contributed by atoms with van der Waals surface area (Å²) in [5, 5.41) is 8.86. The average Bonchev–Trinajstić information content (AvgIpc) is 2.65. The molecule has 1 saturated heterocycles. The molecule has 1 aromatic heterocycles. The molecule has 1 aliphatic heterocycles. The number of hydrogen-bond acceptors (Lipinski definition) is 3. The molecule has 2 heterocycles. The smallest absolute Gasteiger partial charge is 0.304 e. The highest BCUT2D eigenvalue weighted by atomic mass is 16.4. The number of carboxylic acid groups (broad SMARTS) is 1. The highest BCUT2D eigenvalue weighted by Gasteiger charge is 2.26. The number of carboxylic acids is 1. The predicted octanol–water partition coefficient (Wildman–Crippen LogP) is 1.83. The molecule has 0 aliphatic carbocycles. The monoisotopic (exact) mass is 234 g/mol. The van der Waals surface area contributed by atoms with Crippen LogP contribution in [0.15, 0.2) is 18.5 Å². The molecule has 17 heavy (non-hydrogen) atoms. The molecule has 0 saturated carbocycles. The zero-order valence-corrected chi connectivity index (χ0v) is 10.1. The lowest BCUT2D eigenvalue weighted by Crippen LogP contribution is -2.30. The number of pyridine rings is 1. The first kappa shape index (κ1) is 12.0. The van der Waals surface area contributed by atoms with Gasteiger partial charge in [-0.05, 0) is 37.4 Å². The van der Waals surface area contributed by atoms with Gasteiger partial charge in [-0.3, -0.25) is 14.7 Å². The van der Waals surface area contributed by atoms with Crippen LogP contribution in [-0.4, -0.2) is 33.5 Å². The van der Waals surface area contributed by atoms with Gasteiger partial charge in [0.1, 0.15) is 0 Å². The van der Waals surface area contributed by atoms with Gasteiger partial charge in [0, 0.05) is 25.0 Å². The molecule has 1 aliphatic rings. The van der Waals surface area contributed by atoms with Crippen LogP contribution in [0.25, 0.3) is 0 Å². The fraction of sp³-hybridized carbons (Fsp3) is 0.538. The molecule has 0 bridgehead atoms. The van der Waals surface area contributed by atoms with E-state index in [1.54, 1.807) is 0 Å². The zero-order chi connectivity index (χ0) is 12.3. The third-order valence-corrected chi connectivity index (χ3v) is 3.23. The van der Waals surface area contributed by atoms with E-state index in [9.17, 15) is 4.79 Å². The minimum Gasteiger partial charge on any atom is -0.481 e. The quantitative estimate of drug-likeness (QED) is 0.863. The van der Waals surface area contributed by atoms with E-state index in [1.807, 2.05) is 19.3 Å². The largest absolute Gasteiger partial charge is 0.481 e. The highest BCUT2D eigenvalue weighted by molar-refractivity contribution is 5.67. The minimum absolute atomic E-state index is 0.188. The van der Waals surface area contributed by atoms with Crippen LogP contribution in [0.2, 0.25) is 0 Å². The standard InChI is InChI=1S/C13H18N2O2/c1-10-5-11(8-14-7-10)9-15-4-2-3-12(15)6-13(16)17/h5,7-8,12H,2-4,6,9H2,1H3,(H,16,17). The lowest BCUT2D eigenvalue weighted by molar-refractivity contribution is -0.138. The van der Waals surface area contributed by atoms with Gasteiger partial charge in [-0.1, -0.05) is 6.07 Å². The number of rotatable bonds is 4. The second-order valence-corrected chi connectivity index (χ2v) is 4.73. The maximum Gasteiger partial charge on any atom is 0.304 e. The van der Waals surface area contributed by atoms with Crippen molar-refractivity contribution in [3.8, 4) is 0 Å². The summed E-state index contributed by atoms with van der Waals surface area (Å²) in [7, 11) is 0. The second-order valence-electron chi connectivity index (χ2n) is 4.73. The summed E-state index contributed by atoms with van der Waals surface area (Å²) in [6.07, 6.45) is 6.04. The van der Waals surface area contributed by atoms with Crippen LogP contribution in [0, 0.1) is 6.92 Å². The van der Waals surface area contributed by atoms with Gasteiger partial charge in [-0.25, -0.2) is 0 Å². The van der Waals surface area contributed by atoms with Crippen molar-refractivity contribution >= 4 is 5.97 Å². The molecule has 1 atom stereocenters. The van der Waals surface area contributed by atoms with Crippen LogP contribution in [0.5, 0.6) is 0 Å². The van der Waals surface area contributed by atoms with Crippen LogP contribution in [-0.2, 0) is 11.3 Å². The lowest BCUT2D eigenvalue weighted by Gasteiger charge is -2.23. The normalized spacial score (nSPS) is 20.6. The predicted molar refractivity (Wildman–Crippen MR) is 64.7 cm³/mol. The number of aliphatic carboxylic acids is 1. The number of likely N-dealkylation sites (tertiary alicyclic amines) is 1. The number of carbonyl (C=O) groups is 1. The first-order valence-corrected chi connectivity index (χ1v) is 6.01. The molecule has 1 aromatic rings. The molecule has 0 aromatic carbocycles. The molecule has 1 unspecified atom stereocenters. The lowest BCUT2D eigenvalue weighted by atomic mass is 10.1. The van der Waals surface area contributed by atoms with Crippen molar-refractivity contribution in [1.29, 1.82) is 0 Å². The van der Waals surface area contributed by atoms with Gasteiger partial charge >= 0.3 is 5.97 Å². The number of aromatic nitrogens is 1. The third kappa shape index (κ3) is 3.27. The van der Waals surface area contributed by atoms with Crippen LogP contribution < -0.4 is 0 Å². The Hall–Kier alpha value is -1.42. The van der Waals surface area contributed by atoms with Crippen molar-refractivity contribution in [2.75, 3.05) is 6.54 Å². The Morgan fingerprint density at radius 1 is 1.59 bits per heavy atom. The fourth-order valence-electron chi connectivity index (χ4n) is 2.47. The van der Waals surface area contributed by atoms with E-state index in [1.165, 1.54) is 5.56 Å². The summed E-state index contributed by atoms with van der Waals surface area (Å²) in [6.45, 7) is 3.83. The average molecular weight is 234 g/mol.